The van der Waals surface area contributed by atoms with E-state index < -0.39 is 0 Å². The predicted octanol–water partition coefficient (Wildman–Crippen LogP) is 1.97. The SMILES string of the molecule is C/C=C/CC(N)(C/C=C/C)CCN. The zero-order valence-corrected chi connectivity index (χ0v) is 8.79. The van der Waals surface area contributed by atoms with E-state index in [1.54, 1.807) is 0 Å². The van der Waals surface area contributed by atoms with Crippen LogP contribution in [0.5, 0.6) is 0 Å². The van der Waals surface area contributed by atoms with Crippen molar-refractivity contribution in [2.75, 3.05) is 6.54 Å². The van der Waals surface area contributed by atoms with Crippen molar-refractivity contribution >= 4 is 0 Å². The van der Waals surface area contributed by atoms with E-state index in [2.05, 4.69) is 12.2 Å². The lowest BCUT2D eigenvalue weighted by atomic mass is 9.88. The van der Waals surface area contributed by atoms with Gasteiger partial charge in [-0.1, -0.05) is 24.3 Å². The standard InChI is InChI=1S/C11H22N2/c1-3-5-7-11(13,9-10-12)8-6-4-2/h3-6H,7-10,12-13H2,1-2H3/b5-3+,6-4+. The maximum atomic E-state index is 6.20. The maximum absolute atomic E-state index is 6.20. The Balaban J connectivity index is 4.14. The van der Waals surface area contributed by atoms with Gasteiger partial charge in [-0.3, -0.25) is 0 Å². The fraction of sp³-hybridized carbons (Fsp3) is 0.636. The fourth-order valence-corrected chi connectivity index (χ4v) is 1.28. The van der Waals surface area contributed by atoms with Crippen molar-refractivity contribution in [2.45, 2.75) is 38.6 Å². The number of hydrogen-bond acceptors (Lipinski definition) is 2. The van der Waals surface area contributed by atoms with Crippen molar-refractivity contribution in [2.24, 2.45) is 11.5 Å². The summed E-state index contributed by atoms with van der Waals surface area (Å²) in [6.45, 7) is 4.68. The molecule has 0 radical (unpaired) electrons. The zero-order chi connectivity index (χ0) is 10.2. The summed E-state index contributed by atoms with van der Waals surface area (Å²) in [4.78, 5) is 0. The summed E-state index contributed by atoms with van der Waals surface area (Å²) in [5, 5.41) is 0. The van der Waals surface area contributed by atoms with E-state index in [9.17, 15) is 0 Å². The molecule has 0 aliphatic carbocycles. The molecule has 2 heteroatoms. The van der Waals surface area contributed by atoms with Crippen molar-refractivity contribution in [3.05, 3.63) is 24.3 Å². The highest BCUT2D eigenvalue weighted by atomic mass is 14.7. The first-order valence-electron chi connectivity index (χ1n) is 4.90. The molecular weight excluding hydrogens is 160 g/mol. The van der Waals surface area contributed by atoms with Gasteiger partial charge >= 0.3 is 0 Å². The average Bonchev–Trinajstić information content (AvgIpc) is 2.12. The molecule has 0 saturated heterocycles. The molecule has 0 aromatic rings. The van der Waals surface area contributed by atoms with E-state index in [1.807, 2.05) is 26.0 Å². The number of allylic oxidation sites excluding steroid dienone is 2. The minimum absolute atomic E-state index is 0.145. The van der Waals surface area contributed by atoms with Crippen LogP contribution in [0.3, 0.4) is 0 Å². The summed E-state index contributed by atoms with van der Waals surface area (Å²) in [5.74, 6) is 0. The first-order valence-corrected chi connectivity index (χ1v) is 4.90. The van der Waals surface area contributed by atoms with E-state index in [-0.39, 0.29) is 5.54 Å². The molecule has 13 heavy (non-hydrogen) atoms. The molecule has 0 spiro atoms. The van der Waals surface area contributed by atoms with Crippen LogP contribution in [0.15, 0.2) is 24.3 Å². The van der Waals surface area contributed by atoms with Gasteiger partial charge in [-0.15, -0.1) is 0 Å². The van der Waals surface area contributed by atoms with E-state index >= 15 is 0 Å². The highest BCUT2D eigenvalue weighted by molar-refractivity contribution is 4.98. The van der Waals surface area contributed by atoms with Crippen LogP contribution in [-0.4, -0.2) is 12.1 Å². The molecule has 76 valence electrons. The second kappa shape index (κ2) is 6.87. The van der Waals surface area contributed by atoms with Gasteiger partial charge in [-0.25, -0.2) is 0 Å². The molecule has 0 fully saturated rings. The van der Waals surface area contributed by atoms with Gasteiger partial charge in [0.15, 0.2) is 0 Å². The maximum Gasteiger partial charge on any atom is 0.0236 e. The molecule has 0 aromatic heterocycles. The molecule has 0 aliphatic rings. The Bertz CT molecular complexity index is 157. The van der Waals surface area contributed by atoms with Gasteiger partial charge in [0.2, 0.25) is 0 Å². The highest BCUT2D eigenvalue weighted by Gasteiger charge is 2.20. The minimum Gasteiger partial charge on any atom is -0.330 e. The van der Waals surface area contributed by atoms with Crippen LogP contribution in [0.2, 0.25) is 0 Å². The highest BCUT2D eigenvalue weighted by Crippen LogP contribution is 2.17. The number of nitrogens with two attached hydrogens (primary N) is 2. The summed E-state index contributed by atoms with van der Waals surface area (Å²) in [5.41, 5.74) is 11.6. The lowest BCUT2D eigenvalue weighted by Gasteiger charge is -2.26. The van der Waals surface area contributed by atoms with Gasteiger partial charge in [0.1, 0.15) is 0 Å². The molecule has 0 amide bonds. The van der Waals surface area contributed by atoms with Crippen LogP contribution >= 0.6 is 0 Å². The van der Waals surface area contributed by atoms with Gasteiger partial charge in [0.05, 0.1) is 0 Å². The van der Waals surface area contributed by atoms with Crippen molar-refractivity contribution in [3.8, 4) is 0 Å². The average molecular weight is 182 g/mol. The molecular formula is C11H22N2. The van der Waals surface area contributed by atoms with E-state index in [0.29, 0.717) is 6.54 Å². The topological polar surface area (TPSA) is 52.0 Å². The smallest absolute Gasteiger partial charge is 0.0236 e. The molecule has 0 aromatic carbocycles. The molecule has 0 unspecified atom stereocenters. The van der Waals surface area contributed by atoms with Gasteiger partial charge in [0, 0.05) is 5.54 Å². The van der Waals surface area contributed by atoms with Crippen LogP contribution in [-0.2, 0) is 0 Å². The summed E-state index contributed by atoms with van der Waals surface area (Å²) < 4.78 is 0. The molecule has 0 heterocycles. The fourth-order valence-electron chi connectivity index (χ4n) is 1.28. The summed E-state index contributed by atoms with van der Waals surface area (Å²) >= 11 is 0. The molecule has 0 bridgehead atoms. The second-order valence-electron chi connectivity index (χ2n) is 3.45. The lowest BCUT2D eigenvalue weighted by Crippen LogP contribution is -2.40. The predicted molar refractivity (Wildman–Crippen MR) is 59.5 cm³/mol. The zero-order valence-electron chi connectivity index (χ0n) is 8.79. The molecule has 4 N–H and O–H groups in total. The van der Waals surface area contributed by atoms with E-state index in [4.69, 9.17) is 11.5 Å². The van der Waals surface area contributed by atoms with E-state index in [1.165, 1.54) is 0 Å². The van der Waals surface area contributed by atoms with Crippen LogP contribution < -0.4 is 11.5 Å². The second-order valence-corrected chi connectivity index (χ2v) is 3.45. The Morgan fingerprint density at radius 2 is 1.54 bits per heavy atom. The quantitative estimate of drug-likeness (QED) is 0.617. The van der Waals surface area contributed by atoms with Crippen LogP contribution in [0.25, 0.3) is 0 Å². The third kappa shape index (κ3) is 5.61. The van der Waals surface area contributed by atoms with Gasteiger partial charge in [0.25, 0.3) is 0 Å². The normalized spacial score (nSPS) is 13.2. The van der Waals surface area contributed by atoms with Gasteiger partial charge in [-0.2, -0.15) is 0 Å². The Hall–Kier alpha value is -0.600. The molecule has 0 atom stereocenters. The van der Waals surface area contributed by atoms with Crippen LogP contribution in [0, 0.1) is 0 Å². The lowest BCUT2D eigenvalue weighted by molar-refractivity contribution is 0.407. The Morgan fingerprint density at radius 1 is 1.08 bits per heavy atom. The Morgan fingerprint density at radius 3 is 1.85 bits per heavy atom. The molecule has 2 nitrogen and oxygen atoms in total. The Labute approximate surface area is 81.7 Å². The van der Waals surface area contributed by atoms with Crippen molar-refractivity contribution in [3.63, 3.8) is 0 Å². The Kier molecular flexibility index (Phi) is 6.55. The number of hydrogen-bond donors (Lipinski definition) is 2. The monoisotopic (exact) mass is 182 g/mol. The third-order valence-corrected chi connectivity index (χ3v) is 2.16. The van der Waals surface area contributed by atoms with Gasteiger partial charge < -0.3 is 11.5 Å². The van der Waals surface area contributed by atoms with Gasteiger partial charge in [-0.05, 0) is 39.7 Å². The van der Waals surface area contributed by atoms with Crippen molar-refractivity contribution < 1.29 is 0 Å². The first kappa shape index (κ1) is 12.4. The number of rotatable bonds is 6. The molecule has 0 rings (SSSR count). The summed E-state index contributed by atoms with van der Waals surface area (Å²) in [7, 11) is 0. The van der Waals surface area contributed by atoms with E-state index in [0.717, 1.165) is 19.3 Å². The van der Waals surface area contributed by atoms with Crippen LogP contribution in [0.4, 0.5) is 0 Å². The molecule has 0 aliphatic heterocycles. The minimum atomic E-state index is -0.145. The summed E-state index contributed by atoms with van der Waals surface area (Å²) in [6, 6.07) is 0. The van der Waals surface area contributed by atoms with Crippen molar-refractivity contribution in [1.29, 1.82) is 0 Å². The molecule has 0 saturated carbocycles. The van der Waals surface area contributed by atoms with Crippen LogP contribution in [0.1, 0.15) is 33.1 Å². The third-order valence-electron chi connectivity index (χ3n) is 2.16. The van der Waals surface area contributed by atoms with Crippen molar-refractivity contribution in [1.82, 2.24) is 0 Å². The largest absolute Gasteiger partial charge is 0.330 e. The first-order chi connectivity index (χ1) is 6.18. The summed E-state index contributed by atoms with van der Waals surface area (Å²) in [6.07, 6.45) is 11.0.